The van der Waals surface area contributed by atoms with E-state index in [1.54, 1.807) is 24.3 Å². The van der Waals surface area contributed by atoms with E-state index in [1.807, 2.05) is 45.2 Å². The van der Waals surface area contributed by atoms with Crippen LogP contribution in [0.1, 0.15) is 38.2 Å². The van der Waals surface area contributed by atoms with E-state index >= 15 is 0 Å². The zero-order valence-electron chi connectivity index (χ0n) is 14.6. The highest BCUT2D eigenvalue weighted by Gasteiger charge is 2.18. The lowest BCUT2D eigenvalue weighted by molar-refractivity contribution is 0.0692. The largest absolute Gasteiger partial charge is 0.477 e. The molecule has 0 unspecified atom stereocenters. The van der Waals surface area contributed by atoms with Crippen molar-refractivity contribution in [3.8, 4) is 21.7 Å². The monoisotopic (exact) mass is 397 g/mol. The quantitative estimate of drug-likeness (QED) is 0.481. The number of carboxylic acid groups (broad SMARTS) is 1. The van der Waals surface area contributed by atoms with E-state index in [2.05, 4.69) is 4.98 Å². The molecule has 3 aromatic rings. The Hall–Kier alpha value is -1.75. The Morgan fingerprint density at radius 3 is 2.12 bits per heavy atom. The molecule has 0 bridgehead atoms. The second-order valence-electron chi connectivity index (χ2n) is 4.41. The Balaban J connectivity index is 0.000000730. The van der Waals surface area contributed by atoms with Gasteiger partial charge in [-0.3, -0.25) is 0 Å². The Labute approximate surface area is 162 Å². The molecule has 0 spiro atoms. The van der Waals surface area contributed by atoms with Gasteiger partial charge >= 0.3 is 5.97 Å². The van der Waals surface area contributed by atoms with Crippen molar-refractivity contribution in [2.75, 3.05) is 0 Å². The maximum absolute atomic E-state index is 11.5. The third kappa shape index (κ3) is 5.36. The Bertz CT molecular complexity index is 791. The van der Waals surface area contributed by atoms with Crippen LogP contribution in [0.3, 0.4) is 0 Å². The van der Waals surface area contributed by atoms with Gasteiger partial charge in [-0.25, -0.2) is 4.79 Å². The van der Waals surface area contributed by atoms with Crippen LogP contribution in [0.25, 0.3) is 21.7 Å². The molecule has 0 saturated heterocycles. The normalized spacial score (nSPS) is 9.52. The molecule has 0 radical (unpaired) electrons. The van der Waals surface area contributed by atoms with Crippen LogP contribution in [-0.2, 0) is 0 Å². The molecular weight excluding hydrogens is 377 g/mol. The second kappa shape index (κ2) is 10.3. The number of hydrogen-bond donors (Lipinski definition) is 2. The highest BCUT2D eigenvalue weighted by atomic mass is 35.5. The van der Waals surface area contributed by atoms with E-state index in [1.165, 1.54) is 11.3 Å². The van der Waals surface area contributed by atoms with Crippen molar-refractivity contribution in [3.05, 3.63) is 57.5 Å². The van der Waals surface area contributed by atoms with Crippen LogP contribution >= 0.6 is 34.5 Å². The predicted octanol–water partition coefficient (Wildman–Crippen LogP) is 7.47. The molecule has 2 heterocycles. The SMILES string of the molecule is CC.CC.O=C(O)c1[nH]c(-c2cccs2)cc1-c1cc(Cl)cc(Cl)c1. The molecule has 134 valence electrons. The minimum atomic E-state index is -1.02. The standard InChI is InChI=1S/C15H9Cl2NO2S.2C2H6/c16-9-4-8(5-10(17)6-9)11-7-12(13-2-1-3-21-13)18-14(11)15(19)20;2*1-2/h1-7,18H,(H,19,20);2*1-2H3. The fourth-order valence-corrected chi connectivity index (χ4v) is 3.35. The molecule has 2 N–H and O–H groups in total. The van der Waals surface area contributed by atoms with Gasteiger partial charge in [0.1, 0.15) is 5.69 Å². The maximum Gasteiger partial charge on any atom is 0.352 e. The van der Waals surface area contributed by atoms with Gasteiger partial charge in [-0.2, -0.15) is 0 Å². The lowest BCUT2D eigenvalue weighted by Gasteiger charge is -2.02. The number of aromatic amines is 1. The smallest absolute Gasteiger partial charge is 0.352 e. The van der Waals surface area contributed by atoms with Gasteiger partial charge < -0.3 is 10.1 Å². The van der Waals surface area contributed by atoms with Crippen molar-refractivity contribution >= 4 is 40.5 Å². The number of rotatable bonds is 3. The van der Waals surface area contributed by atoms with E-state index in [4.69, 9.17) is 23.2 Å². The molecule has 0 fully saturated rings. The number of benzene rings is 1. The van der Waals surface area contributed by atoms with E-state index in [0.29, 0.717) is 21.2 Å². The second-order valence-corrected chi connectivity index (χ2v) is 6.23. The molecule has 3 rings (SSSR count). The maximum atomic E-state index is 11.5. The van der Waals surface area contributed by atoms with Gasteiger partial charge in [-0.15, -0.1) is 11.3 Å². The summed E-state index contributed by atoms with van der Waals surface area (Å²) in [5.74, 6) is -1.02. The molecule has 0 aliphatic carbocycles. The molecule has 3 nitrogen and oxygen atoms in total. The minimum absolute atomic E-state index is 0.122. The number of aromatic carboxylic acids is 1. The summed E-state index contributed by atoms with van der Waals surface area (Å²) in [5, 5.41) is 12.3. The van der Waals surface area contributed by atoms with Gasteiger partial charge in [0.05, 0.1) is 10.6 Å². The molecule has 2 aromatic heterocycles. The zero-order chi connectivity index (χ0) is 19.0. The van der Waals surface area contributed by atoms with Crippen LogP contribution in [0.4, 0.5) is 0 Å². The predicted molar refractivity (Wildman–Crippen MR) is 109 cm³/mol. The summed E-state index contributed by atoms with van der Waals surface area (Å²) in [5.41, 5.74) is 2.12. The summed E-state index contributed by atoms with van der Waals surface area (Å²) in [4.78, 5) is 15.4. The van der Waals surface area contributed by atoms with Crippen LogP contribution in [0.2, 0.25) is 10.0 Å². The van der Waals surface area contributed by atoms with Gasteiger partial charge in [0, 0.05) is 15.6 Å². The van der Waals surface area contributed by atoms with Crippen LogP contribution in [0, 0.1) is 0 Å². The Morgan fingerprint density at radius 2 is 1.64 bits per heavy atom. The van der Waals surface area contributed by atoms with Gasteiger partial charge in [-0.1, -0.05) is 57.0 Å². The van der Waals surface area contributed by atoms with E-state index in [9.17, 15) is 9.90 Å². The first kappa shape index (κ1) is 21.3. The number of thiophene rings is 1. The fourth-order valence-electron chi connectivity index (χ4n) is 2.12. The molecular formula is C19H21Cl2NO2S. The van der Waals surface area contributed by atoms with Crippen LogP contribution in [0.5, 0.6) is 0 Å². The summed E-state index contributed by atoms with van der Waals surface area (Å²) in [6.45, 7) is 8.00. The minimum Gasteiger partial charge on any atom is -0.477 e. The van der Waals surface area contributed by atoms with Crippen molar-refractivity contribution in [1.82, 2.24) is 4.98 Å². The molecule has 0 amide bonds. The molecule has 1 aromatic carbocycles. The molecule has 0 aliphatic heterocycles. The number of carboxylic acids is 1. The highest BCUT2D eigenvalue weighted by Crippen LogP contribution is 2.34. The Morgan fingerprint density at radius 1 is 1.04 bits per heavy atom. The average Bonchev–Trinajstić information content (AvgIpc) is 3.27. The Kier molecular flexibility index (Phi) is 8.76. The lowest BCUT2D eigenvalue weighted by atomic mass is 10.1. The third-order valence-electron chi connectivity index (χ3n) is 2.99. The topological polar surface area (TPSA) is 53.1 Å². The molecule has 0 aliphatic rings. The average molecular weight is 398 g/mol. The zero-order valence-corrected chi connectivity index (χ0v) is 16.9. The molecule has 25 heavy (non-hydrogen) atoms. The first-order chi connectivity index (χ1) is 12.0. The fraction of sp³-hybridized carbons (Fsp3) is 0.211. The van der Waals surface area contributed by atoms with Crippen LogP contribution in [0.15, 0.2) is 41.8 Å². The van der Waals surface area contributed by atoms with Crippen LogP contribution < -0.4 is 0 Å². The number of nitrogens with one attached hydrogen (secondary N) is 1. The highest BCUT2D eigenvalue weighted by molar-refractivity contribution is 7.13. The number of H-pyrrole nitrogens is 1. The number of aromatic nitrogens is 1. The summed E-state index contributed by atoms with van der Waals surface area (Å²) in [7, 11) is 0. The number of hydrogen-bond acceptors (Lipinski definition) is 2. The first-order valence-electron chi connectivity index (χ1n) is 8.01. The van der Waals surface area contributed by atoms with Crippen molar-refractivity contribution in [2.45, 2.75) is 27.7 Å². The van der Waals surface area contributed by atoms with Gasteiger partial charge in [-0.05, 0) is 41.3 Å². The summed E-state index contributed by atoms with van der Waals surface area (Å²) in [6, 6.07) is 10.6. The molecule has 6 heteroatoms. The van der Waals surface area contributed by atoms with E-state index in [-0.39, 0.29) is 5.69 Å². The van der Waals surface area contributed by atoms with Crippen molar-refractivity contribution in [1.29, 1.82) is 0 Å². The molecule has 0 saturated carbocycles. The summed E-state index contributed by atoms with van der Waals surface area (Å²) >= 11 is 13.5. The third-order valence-corrected chi connectivity index (χ3v) is 4.33. The van der Waals surface area contributed by atoms with Gasteiger partial charge in [0.2, 0.25) is 0 Å². The van der Waals surface area contributed by atoms with Gasteiger partial charge in [0.15, 0.2) is 0 Å². The lowest BCUT2D eigenvalue weighted by Crippen LogP contribution is -1.98. The summed E-state index contributed by atoms with van der Waals surface area (Å²) < 4.78 is 0. The first-order valence-corrected chi connectivity index (χ1v) is 9.65. The molecule has 0 atom stereocenters. The van der Waals surface area contributed by atoms with Crippen molar-refractivity contribution in [3.63, 3.8) is 0 Å². The van der Waals surface area contributed by atoms with E-state index < -0.39 is 5.97 Å². The number of halogens is 2. The van der Waals surface area contributed by atoms with Crippen molar-refractivity contribution < 1.29 is 9.90 Å². The van der Waals surface area contributed by atoms with Crippen molar-refractivity contribution in [2.24, 2.45) is 0 Å². The van der Waals surface area contributed by atoms with Gasteiger partial charge in [0.25, 0.3) is 0 Å². The number of carbonyl (C=O) groups is 1. The van der Waals surface area contributed by atoms with E-state index in [0.717, 1.165) is 10.6 Å². The van der Waals surface area contributed by atoms with Crippen LogP contribution in [-0.4, -0.2) is 16.1 Å². The summed E-state index contributed by atoms with van der Waals surface area (Å²) in [6.07, 6.45) is 0.